The van der Waals surface area contributed by atoms with Gasteiger partial charge >= 0.3 is 12.1 Å². The van der Waals surface area contributed by atoms with E-state index in [4.69, 9.17) is 0 Å². The first-order chi connectivity index (χ1) is 12.2. The van der Waals surface area contributed by atoms with Crippen molar-refractivity contribution in [3.05, 3.63) is 71.6 Å². The van der Waals surface area contributed by atoms with Crippen molar-refractivity contribution >= 4 is 23.6 Å². The van der Waals surface area contributed by atoms with Crippen LogP contribution >= 0.6 is 0 Å². The van der Waals surface area contributed by atoms with Crippen molar-refractivity contribution in [3.8, 4) is 0 Å². The molecule has 2 aromatic rings. The number of benzene rings is 2. The average Bonchev–Trinajstić information content (AvgIpc) is 2.58. The standard InChI is InChI=1S/C18H14F4N2O2/c19-14-3-1-2-12(10-14)6-9-16(25)23-11-13-4-7-15(8-5-13)24-17(26)18(20,21)22/h1-10H,11H2,(H,23,25)(H,24,26)/b9-6+. The molecule has 0 saturated carbocycles. The van der Waals surface area contributed by atoms with E-state index in [0.717, 1.165) is 0 Å². The van der Waals surface area contributed by atoms with Crippen LogP contribution in [-0.4, -0.2) is 18.0 Å². The van der Waals surface area contributed by atoms with Gasteiger partial charge in [0.2, 0.25) is 5.91 Å². The highest BCUT2D eigenvalue weighted by atomic mass is 19.4. The Bertz CT molecular complexity index is 815. The maximum absolute atomic E-state index is 13.0. The van der Waals surface area contributed by atoms with Gasteiger partial charge in [0.25, 0.3) is 0 Å². The number of hydrogen-bond donors (Lipinski definition) is 2. The summed E-state index contributed by atoms with van der Waals surface area (Å²) in [6.07, 6.45) is -2.26. The molecule has 2 aromatic carbocycles. The molecule has 0 unspecified atom stereocenters. The molecule has 2 amide bonds. The quantitative estimate of drug-likeness (QED) is 0.627. The Morgan fingerprint density at radius 1 is 1.04 bits per heavy atom. The Balaban J connectivity index is 1.85. The SMILES string of the molecule is O=C(/C=C/c1cccc(F)c1)NCc1ccc(NC(=O)C(F)(F)F)cc1. The van der Waals surface area contributed by atoms with Crippen molar-refractivity contribution in [3.63, 3.8) is 0 Å². The van der Waals surface area contributed by atoms with Crippen LogP contribution in [0, 0.1) is 5.82 Å². The van der Waals surface area contributed by atoms with Crippen molar-refractivity contribution < 1.29 is 27.2 Å². The molecule has 26 heavy (non-hydrogen) atoms. The number of hydrogen-bond acceptors (Lipinski definition) is 2. The van der Waals surface area contributed by atoms with Crippen LogP contribution in [0.15, 0.2) is 54.6 Å². The molecule has 0 heterocycles. The molecular formula is C18H14F4N2O2. The lowest BCUT2D eigenvalue weighted by Crippen LogP contribution is -2.29. The van der Waals surface area contributed by atoms with E-state index < -0.39 is 23.8 Å². The summed E-state index contributed by atoms with van der Waals surface area (Å²) >= 11 is 0. The van der Waals surface area contributed by atoms with Crippen LogP contribution < -0.4 is 10.6 Å². The molecule has 2 N–H and O–H groups in total. The first kappa shape index (κ1) is 19.2. The number of halogens is 4. The predicted molar refractivity (Wildman–Crippen MR) is 88.4 cm³/mol. The highest BCUT2D eigenvalue weighted by Gasteiger charge is 2.38. The van der Waals surface area contributed by atoms with Crippen LogP contribution in [-0.2, 0) is 16.1 Å². The van der Waals surface area contributed by atoms with E-state index in [1.165, 1.54) is 54.6 Å². The molecule has 4 nitrogen and oxygen atoms in total. The van der Waals surface area contributed by atoms with E-state index in [9.17, 15) is 27.2 Å². The fraction of sp³-hybridized carbons (Fsp3) is 0.111. The molecule has 2 rings (SSSR count). The molecule has 0 aliphatic carbocycles. The number of carbonyl (C=O) groups excluding carboxylic acids is 2. The predicted octanol–water partition coefficient (Wildman–Crippen LogP) is 3.66. The zero-order valence-corrected chi connectivity index (χ0v) is 13.3. The van der Waals surface area contributed by atoms with Gasteiger partial charge in [-0.3, -0.25) is 9.59 Å². The molecule has 8 heteroatoms. The van der Waals surface area contributed by atoms with E-state index in [1.54, 1.807) is 11.4 Å². The van der Waals surface area contributed by atoms with Crippen LogP contribution in [0.3, 0.4) is 0 Å². The van der Waals surface area contributed by atoms with Crippen molar-refractivity contribution in [2.45, 2.75) is 12.7 Å². The molecular weight excluding hydrogens is 352 g/mol. The fourth-order valence-corrected chi connectivity index (χ4v) is 1.94. The number of alkyl halides is 3. The normalized spacial score (nSPS) is 11.4. The van der Waals surface area contributed by atoms with Crippen LogP contribution in [0.5, 0.6) is 0 Å². The summed E-state index contributed by atoms with van der Waals surface area (Å²) in [6.45, 7) is 0.139. The fourth-order valence-electron chi connectivity index (χ4n) is 1.94. The van der Waals surface area contributed by atoms with E-state index in [-0.39, 0.29) is 12.2 Å². The molecule has 0 bridgehead atoms. The second kappa shape index (κ2) is 8.28. The number of carbonyl (C=O) groups is 2. The smallest absolute Gasteiger partial charge is 0.348 e. The van der Waals surface area contributed by atoms with Gasteiger partial charge < -0.3 is 10.6 Å². The summed E-state index contributed by atoms with van der Waals surface area (Å²) in [5, 5.41) is 4.31. The second-order valence-electron chi connectivity index (χ2n) is 5.25. The number of amides is 2. The lowest BCUT2D eigenvalue weighted by molar-refractivity contribution is -0.167. The molecule has 0 aromatic heterocycles. The molecule has 0 saturated heterocycles. The van der Waals surface area contributed by atoms with Gasteiger partial charge in [-0.25, -0.2) is 4.39 Å². The minimum Gasteiger partial charge on any atom is -0.348 e. The Morgan fingerprint density at radius 3 is 2.35 bits per heavy atom. The summed E-state index contributed by atoms with van der Waals surface area (Å²) in [6, 6.07) is 11.3. The zero-order valence-electron chi connectivity index (χ0n) is 13.3. The third-order valence-electron chi connectivity index (χ3n) is 3.21. The minimum absolute atomic E-state index is 0.00611. The lowest BCUT2D eigenvalue weighted by Gasteiger charge is -2.08. The van der Waals surface area contributed by atoms with Gasteiger partial charge in [-0.2, -0.15) is 13.2 Å². The van der Waals surface area contributed by atoms with E-state index in [2.05, 4.69) is 5.32 Å². The largest absolute Gasteiger partial charge is 0.471 e. The van der Waals surface area contributed by atoms with E-state index in [1.807, 2.05) is 0 Å². The summed E-state index contributed by atoms with van der Waals surface area (Å²) in [5.74, 6) is -2.88. The van der Waals surface area contributed by atoms with Crippen LogP contribution in [0.25, 0.3) is 6.08 Å². The monoisotopic (exact) mass is 366 g/mol. The van der Waals surface area contributed by atoms with Gasteiger partial charge in [-0.05, 0) is 41.5 Å². The molecule has 0 radical (unpaired) electrons. The minimum atomic E-state index is -4.96. The third-order valence-corrected chi connectivity index (χ3v) is 3.21. The summed E-state index contributed by atoms with van der Waals surface area (Å²) in [4.78, 5) is 22.5. The second-order valence-corrected chi connectivity index (χ2v) is 5.25. The first-order valence-corrected chi connectivity index (χ1v) is 7.42. The van der Waals surface area contributed by atoms with E-state index >= 15 is 0 Å². The zero-order chi connectivity index (χ0) is 19.2. The lowest BCUT2D eigenvalue weighted by atomic mass is 10.2. The van der Waals surface area contributed by atoms with Gasteiger partial charge in [0, 0.05) is 18.3 Å². The Morgan fingerprint density at radius 2 is 1.73 bits per heavy atom. The highest BCUT2D eigenvalue weighted by Crippen LogP contribution is 2.18. The number of rotatable bonds is 5. The highest BCUT2D eigenvalue weighted by molar-refractivity contribution is 5.95. The van der Waals surface area contributed by atoms with Crippen molar-refractivity contribution in [1.29, 1.82) is 0 Å². The van der Waals surface area contributed by atoms with E-state index in [0.29, 0.717) is 11.1 Å². The molecule has 0 aliphatic rings. The molecule has 0 fully saturated rings. The van der Waals surface area contributed by atoms with Crippen LogP contribution in [0.2, 0.25) is 0 Å². The maximum Gasteiger partial charge on any atom is 0.471 e. The summed E-state index contributed by atoms with van der Waals surface area (Å²) in [5.41, 5.74) is 1.15. The van der Waals surface area contributed by atoms with Gasteiger partial charge in [0.1, 0.15) is 5.82 Å². The van der Waals surface area contributed by atoms with Crippen molar-refractivity contribution in [2.24, 2.45) is 0 Å². The Labute approximate surface area is 146 Å². The summed E-state index contributed by atoms with van der Waals surface area (Å²) < 4.78 is 49.5. The first-order valence-electron chi connectivity index (χ1n) is 7.42. The topological polar surface area (TPSA) is 58.2 Å². The summed E-state index contributed by atoms with van der Waals surface area (Å²) in [7, 11) is 0. The van der Waals surface area contributed by atoms with Crippen LogP contribution in [0.4, 0.5) is 23.2 Å². The van der Waals surface area contributed by atoms with Gasteiger partial charge in [-0.1, -0.05) is 24.3 Å². The molecule has 136 valence electrons. The number of nitrogens with one attached hydrogen (secondary N) is 2. The van der Waals surface area contributed by atoms with Crippen molar-refractivity contribution in [1.82, 2.24) is 5.32 Å². The third kappa shape index (κ3) is 6.04. The average molecular weight is 366 g/mol. The molecule has 0 spiro atoms. The van der Waals surface area contributed by atoms with Crippen LogP contribution in [0.1, 0.15) is 11.1 Å². The molecule has 0 atom stereocenters. The number of anilines is 1. The van der Waals surface area contributed by atoms with Gasteiger partial charge in [-0.15, -0.1) is 0 Å². The van der Waals surface area contributed by atoms with Gasteiger partial charge in [0.15, 0.2) is 0 Å². The molecule has 0 aliphatic heterocycles. The Kier molecular flexibility index (Phi) is 6.11. The maximum atomic E-state index is 13.0. The van der Waals surface area contributed by atoms with Gasteiger partial charge in [0.05, 0.1) is 0 Å². The Hall–Kier alpha value is -3.16. The van der Waals surface area contributed by atoms with Crippen molar-refractivity contribution in [2.75, 3.05) is 5.32 Å².